The van der Waals surface area contributed by atoms with E-state index in [2.05, 4.69) is 16.9 Å². The van der Waals surface area contributed by atoms with Crippen molar-refractivity contribution in [3.63, 3.8) is 0 Å². The zero-order chi connectivity index (χ0) is 13.0. The molecule has 98 valence electrons. The standard InChI is InChI=1S/C13H19N3OS/c1-2-9-5-3-4-6-11(9)17-13-15-8-7-10(16-13)12(14)18/h7-9,11H,2-6H2,1H3,(H2,14,18). The van der Waals surface area contributed by atoms with Crippen molar-refractivity contribution in [2.75, 3.05) is 0 Å². The highest BCUT2D eigenvalue weighted by molar-refractivity contribution is 7.80. The van der Waals surface area contributed by atoms with Crippen molar-refractivity contribution in [1.82, 2.24) is 9.97 Å². The van der Waals surface area contributed by atoms with Crippen molar-refractivity contribution in [3.8, 4) is 6.01 Å². The van der Waals surface area contributed by atoms with Crippen LogP contribution in [0, 0.1) is 5.92 Å². The van der Waals surface area contributed by atoms with Crippen LogP contribution in [-0.2, 0) is 0 Å². The number of nitrogens with two attached hydrogens (primary N) is 1. The van der Waals surface area contributed by atoms with Gasteiger partial charge >= 0.3 is 6.01 Å². The fourth-order valence-corrected chi connectivity index (χ4v) is 2.58. The van der Waals surface area contributed by atoms with Gasteiger partial charge in [-0.15, -0.1) is 0 Å². The zero-order valence-electron chi connectivity index (χ0n) is 10.6. The van der Waals surface area contributed by atoms with E-state index in [-0.39, 0.29) is 11.1 Å². The van der Waals surface area contributed by atoms with Crippen molar-refractivity contribution in [1.29, 1.82) is 0 Å². The van der Waals surface area contributed by atoms with Gasteiger partial charge in [0.15, 0.2) is 0 Å². The van der Waals surface area contributed by atoms with Gasteiger partial charge in [0.25, 0.3) is 0 Å². The molecular weight excluding hydrogens is 246 g/mol. The molecule has 0 amide bonds. The molecule has 1 fully saturated rings. The van der Waals surface area contributed by atoms with Gasteiger partial charge in [-0.2, -0.15) is 4.98 Å². The topological polar surface area (TPSA) is 61.0 Å². The summed E-state index contributed by atoms with van der Waals surface area (Å²) in [5.41, 5.74) is 6.12. The van der Waals surface area contributed by atoms with Gasteiger partial charge in [-0.05, 0) is 37.7 Å². The van der Waals surface area contributed by atoms with Crippen molar-refractivity contribution in [2.24, 2.45) is 11.7 Å². The number of thiocarbonyl (C=S) groups is 1. The highest BCUT2D eigenvalue weighted by Gasteiger charge is 2.26. The van der Waals surface area contributed by atoms with Crippen LogP contribution in [0.2, 0.25) is 0 Å². The number of aromatic nitrogens is 2. The molecule has 2 rings (SSSR count). The third-order valence-electron chi connectivity index (χ3n) is 3.51. The van der Waals surface area contributed by atoms with E-state index in [0.29, 0.717) is 17.6 Å². The van der Waals surface area contributed by atoms with Gasteiger partial charge in [-0.1, -0.05) is 25.6 Å². The van der Waals surface area contributed by atoms with Crippen LogP contribution in [-0.4, -0.2) is 21.1 Å². The fraction of sp³-hybridized carbons (Fsp3) is 0.615. The lowest BCUT2D eigenvalue weighted by molar-refractivity contribution is 0.0809. The second-order valence-corrected chi connectivity index (χ2v) is 5.14. The van der Waals surface area contributed by atoms with Gasteiger partial charge in [-0.25, -0.2) is 4.98 Å². The Labute approximate surface area is 113 Å². The number of rotatable bonds is 4. The van der Waals surface area contributed by atoms with Crippen molar-refractivity contribution < 1.29 is 4.74 Å². The van der Waals surface area contributed by atoms with Gasteiger partial charge in [0.05, 0.1) is 0 Å². The van der Waals surface area contributed by atoms with E-state index in [9.17, 15) is 0 Å². The third-order valence-corrected chi connectivity index (χ3v) is 3.72. The van der Waals surface area contributed by atoms with Gasteiger partial charge in [0.1, 0.15) is 16.8 Å². The Morgan fingerprint density at radius 1 is 1.50 bits per heavy atom. The average molecular weight is 265 g/mol. The molecule has 2 N–H and O–H groups in total. The van der Waals surface area contributed by atoms with Crippen LogP contribution in [0.1, 0.15) is 44.7 Å². The molecule has 1 aliphatic carbocycles. The minimum atomic E-state index is 0.227. The lowest BCUT2D eigenvalue weighted by Crippen LogP contribution is -2.30. The molecule has 0 bridgehead atoms. The maximum absolute atomic E-state index is 5.91. The molecule has 4 nitrogen and oxygen atoms in total. The first-order valence-electron chi connectivity index (χ1n) is 6.50. The Balaban J connectivity index is 2.07. The number of ether oxygens (including phenoxy) is 1. The molecule has 1 heterocycles. The Hall–Kier alpha value is -1.23. The molecule has 1 saturated carbocycles. The maximum atomic E-state index is 5.91. The lowest BCUT2D eigenvalue weighted by Gasteiger charge is -2.30. The summed E-state index contributed by atoms with van der Waals surface area (Å²) in [5, 5.41) is 0. The summed E-state index contributed by atoms with van der Waals surface area (Å²) in [5.74, 6) is 0.607. The Bertz CT molecular complexity index is 424. The molecule has 0 saturated heterocycles. The molecule has 0 radical (unpaired) electrons. The summed E-state index contributed by atoms with van der Waals surface area (Å²) in [4.78, 5) is 8.65. The van der Waals surface area contributed by atoms with Crippen LogP contribution in [0.25, 0.3) is 0 Å². The first-order chi connectivity index (χ1) is 8.70. The van der Waals surface area contributed by atoms with Gasteiger partial charge in [-0.3, -0.25) is 0 Å². The second-order valence-electron chi connectivity index (χ2n) is 4.70. The monoisotopic (exact) mass is 265 g/mol. The van der Waals surface area contributed by atoms with Crippen molar-refractivity contribution in [2.45, 2.75) is 45.1 Å². The van der Waals surface area contributed by atoms with E-state index in [1.807, 2.05) is 0 Å². The summed E-state index contributed by atoms with van der Waals surface area (Å²) >= 11 is 4.90. The SMILES string of the molecule is CCC1CCCCC1Oc1nccc(C(N)=S)n1. The van der Waals surface area contributed by atoms with E-state index < -0.39 is 0 Å². The predicted molar refractivity (Wildman–Crippen MR) is 74.6 cm³/mol. The smallest absolute Gasteiger partial charge is 0.317 e. The molecule has 5 heteroatoms. The number of hydrogen-bond donors (Lipinski definition) is 1. The molecular formula is C13H19N3OS. The van der Waals surface area contributed by atoms with E-state index in [4.69, 9.17) is 22.7 Å². The summed E-state index contributed by atoms with van der Waals surface area (Å²) < 4.78 is 5.91. The highest BCUT2D eigenvalue weighted by Crippen LogP contribution is 2.29. The van der Waals surface area contributed by atoms with Crippen LogP contribution in [0.15, 0.2) is 12.3 Å². The summed E-state index contributed by atoms with van der Waals surface area (Å²) in [7, 11) is 0. The predicted octanol–water partition coefficient (Wildman–Crippen LogP) is 2.46. The molecule has 0 spiro atoms. The van der Waals surface area contributed by atoms with Crippen LogP contribution < -0.4 is 10.5 Å². The molecule has 1 aromatic heterocycles. The number of hydrogen-bond acceptors (Lipinski definition) is 4. The quantitative estimate of drug-likeness (QED) is 0.847. The molecule has 18 heavy (non-hydrogen) atoms. The normalized spacial score (nSPS) is 23.6. The first-order valence-corrected chi connectivity index (χ1v) is 6.91. The molecule has 0 aliphatic heterocycles. The van der Waals surface area contributed by atoms with Crippen molar-refractivity contribution in [3.05, 3.63) is 18.0 Å². The van der Waals surface area contributed by atoms with Crippen LogP contribution in [0.5, 0.6) is 6.01 Å². The van der Waals surface area contributed by atoms with E-state index >= 15 is 0 Å². The molecule has 1 aliphatic rings. The molecule has 2 atom stereocenters. The molecule has 2 unspecified atom stereocenters. The Morgan fingerprint density at radius 3 is 3.00 bits per heavy atom. The second kappa shape index (κ2) is 6.09. The minimum Gasteiger partial charge on any atom is -0.460 e. The molecule has 1 aromatic rings. The summed E-state index contributed by atoms with van der Waals surface area (Å²) in [6.45, 7) is 2.21. The minimum absolute atomic E-state index is 0.227. The van der Waals surface area contributed by atoms with Gasteiger partial charge < -0.3 is 10.5 Å². The van der Waals surface area contributed by atoms with E-state index in [1.165, 1.54) is 19.3 Å². The van der Waals surface area contributed by atoms with Crippen LogP contribution >= 0.6 is 12.2 Å². The van der Waals surface area contributed by atoms with Crippen molar-refractivity contribution >= 4 is 17.2 Å². The van der Waals surface area contributed by atoms with Gasteiger partial charge in [0.2, 0.25) is 0 Å². The lowest BCUT2D eigenvalue weighted by atomic mass is 9.85. The highest BCUT2D eigenvalue weighted by atomic mass is 32.1. The maximum Gasteiger partial charge on any atom is 0.317 e. The first kappa shape index (κ1) is 13.2. The third kappa shape index (κ3) is 3.16. The zero-order valence-corrected chi connectivity index (χ0v) is 11.4. The van der Waals surface area contributed by atoms with Crippen LogP contribution in [0.3, 0.4) is 0 Å². The fourth-order valence-electron chi connectivity index (χ4n) is 2.47. The summed E-state index contributed by atoms with van der Waals surface area (Å²) in [6.07, 6.45) is 7.84. The Kier molecular flexibility index (Phi) is 4.47. The van der Waals surface area contributed by atoms with E-state index in [0.717, 1.165) is 12.8 Å². The summed E-state index contributed by atoms with van der Waals surface area (Å²) in [6, 6.07) is 2.10. The average Bonchev–Trinajstić information content (AvgIpc) is 2.39. The Morgan fingerprint density at radius 2 is 2.28 bits per heavy atom. The number of nitrogens with zero attached hydrogens (tertiary/aromatic N) is 2. The van der Waals surface area contributed by atoms with Gasteiger partial charge in [0, 0.05) is 6.20 Å². The molecule has 0 aromatic carbocycles. The van der Waals surface area contributed by atoms with Crippen LogP contribution in [0.4, 0.5) is 0 Å². The van der Waals surface area contributed by atoms with E-state index in [1.54, 1.807) is 12.3 Å². The largest absolute Gasteiger partial charge is 0.460 e.